The van der Waals surface area contributed by atoms with Gasteiger partial charge in [0.2, 0.25) is 15.7 Å². The zero-order valence-corrected chi connectivity index (χ0v) is 13.1. The number of carbonyl (C=O) groups is 1. The summed E-state index contributed by atoms with van der Waals surface area (Å²) in [6, 6.07) is 13.8. The van der Waals surface area contributed by atoms with Gasteiger partial charge in [-0.15, -0.1) is 0 Å². The second-order valence-corrected chi connectivity index (χ2v) is 6.99. The van der Waals surface area contributed by atoms with Crippen molar-refractivity contribution in [1.82, 2.24) is 4.98 Å². The Hall–Kier alpha value is -2.67. The van der Waals surface area contributed by atoms with E-state index in [2.05, 4.69) is 10.3 Å². The Bertz CT molecular complexity index is 943. The largest absolute Gasteiger partial charge is 0.428 e. The van der Waals surface area contributed by atoms with Crippen LogP contribution in [0.25, 0.3) is 11.1 Å². The second-order valence-electron chi connectivity index (χ2n) is 5.12. The first-order valence-corrected chi connectivity index (χ1v) is 8.54. The summed E-state index contributed by atoms with van der Waals surface area (Å²) in [6.07, 6.45) is 0. The van der Waals surface area contributed by atoms with Gasteiger partial charge in [-0.3, -0.25) is 4.79 Å². The highest BCUT2D eigenvalue weighted by molar-refractivity contribution is 7.91. The fourth-order valence-electron chi connectivity index (χ4n) is 2.14. The van der Waals surface area contributed by atoms with Gasteiger partial charge < -0.3 is 9.73 Å². The van der Waals surface area contributed by atoms with Gasteiger partial charge in [0.15, 0.2) is 5.58 Å². The van der Waals surface area contributed by atoms with Gasteiger partial charge in [-0.1, -0.05) is 24.3 Å². The number of nitrogens with one attached hydrogen (secondary N) is 1. The highest BCUT2D eigenvalue weighted by Crippen LogP contribution is 2.19. The zero-order valence-electron chi connectivity index (χ0n) is 12.3. The van der Waals surface area contributed by atoms with Crippen LogP contribution in [0.15, 0.2) is 58.2 Å². The van der Waals surface area contributed by atoms with Gasteiger partial charge in [-0.05, 0) is 36.8 Å². The molecule has 0 atom stereocenters. The maximum atomic E-state index is 12.3. The number of nitrogens with zero attached hydrogens (tertiary/aromatic N) is 1. The predicted molar refractivity (Wildman–Crippen MR) is 85.9 cm³/mol. The Morgan fingerprint density at radius 2 is 1.96 bits per heavy atom. The number of para-hydroxylation sites is 2. The number of sulfone groups is 1. The molecule has 0 aliphatic carbocycles. The van der Waals surface area contributed by atoms with Crippen LogP contribution in [0.4, 0.5) is 5.69 Å². The Labute approximate surface area is 133 Å². The molecule has 118 valence electrons. The predicted octanol–water partition coefficient (Wildman–Crippen LogP) is 2.55. The van der Waals surface area contributed by atoms with Crippen molar-refractivity contribution in [2.45, 2.75) is 12.1 Å². The third-order valence-corrected chi connectivity index (χ3v) is 4.51. The highest BCUT2D eigenvalue weighted by Gasteiger charge is 2.25. The quantitative estimate of drug-likeness (QED) is 0.794. The normalized spacial score (nSPS) is 11.5. The molecule has 1 N–H and O–H groups in total. The number of oxazole rings is 1. The molecule has 1 heterocycles. The first-order chi connectivity index (χ1) is 10.9. The average Bonchev–Trinajstić information content (AvgIpc) is 2.91. The number of hydrogen-bond donors (Lipinski definition) is 1. The van der Waals surface area contributed by atoms with Gasteiger partial charge >= 0.3 is 5.22 Å². The van der Waals surface area contributed by atoms with Crippen LogP contribution in [0.3, 0.4) is 0 Å². The van der Waals surface area contributed by atoms with Crippen LogP contribution in [0, 0.1) is 6.92 Å². The smallest absolute Gasteiger partial charge is 0.316 e. The molecule has 0 spiro atoms. The minimum absolute atomic E-state index is 0.366. The van der Waals surface area contributed by atoms with Crippen molar-refractivity contribution in [3.8, 4) is 0 Å². The minimum Gasteiger partial charge on any atom is -0.428 e. The van der Waals surface area contributed by atoms with E-state index in [0.29, 0.717) is 16.8 Å². The molecule has 7 heteroatoms. The molecule has 3 rings (SSSR count). The fraction of sp³-hybridized carbons (Fsp3) is 0.125. The van der Waals surface area contributed by atoms with Crippen molar-refractivity contribution < 1.29 is 17.6 Å². The zero-order chi connectivity index (χ0) is 16.4. The van der Waals surface area contributed by atoms with E-state index in [4.69, 9.17) is 4.42 Å². The van der Waals surface area contributed by atoms with E-state index in [0.717, 1.165) is 5.56 Å². The van der Waals surface area contributed by atoms with Crippen LogP contribution in [0.2, 0.25) is 0 Å². The van der Waals surface area contributed by atoms with Crippen LogP contribution < -0.4 is 5.32 Å². The number of anilines is 1. The molecule has 1 aromatic heterocycles. The lowest BCUT2D eigenvalue weighted by Crippen LogP contribution is -2.23. The van der Waals surface area contributed by atoms with Crippen LogP contribution >= 0.6 is 0 Å². The fourth-order valence-corrected chi connectivity index (χ4v) is 3.13. The van der Waals surface area contributed by atoms with E-state index in [1.165, 1.54) is 0 Å². The molecule has 0 aliphatic rings. The van der Waals surface area contributed by atoms with Crippen LogP contribution in [0.5, 0.6) is 0 Å². The molecular weight excluding hydrogens is 316 g/mol. The lowest BCUT2D eigenvalue weighted by molar-refractivity contribution is -0.113. The lowest BCUT2D eigenvalue weighted by Gasteiger charge is -2.05. The minimum atomic E-state index is -3.94. The number of hydrogen-bond acceptors (Lipinski definition) is 5. The second kappa shape index (κ2) is 5.85. The number of amides is 1. The molecule has 0 saturated heterocycles. The van der Waals surface area contributed by atoms with Crippen molar-refractivity contribution in [2.24, 2.45) is 0 Å². The topological polar surface area (TPSA) is 89.3 Å². The maximum absolute atomic E-state index is 12.3. The Morgan fingerprint density at radius 1 is 1.17 bits per heavy atom. The van der Waals surface area contributed by atoms with Gasteiger partial charge in [-0.2, -0.15) is 4.98 Å². The van der Waals surface area contributed by atoms with E-state index in [1.54, 1.807) is 42.5 Å². The molecule has 0 bridgehead atoms. The van der Waals surface area contributed by atoms with Crippen molar-refractivity contribution in [3.63, 3.8) is 0 Å². The van der Waals surface area contributed by atoms with Crippen LogP contribution in [-0.2, 0) is 14.6 Å². The van der Waals surface area contributed by atoms with Crippen LogP contribution in [-0.4, -0.2) is 25.1 Å². The van der Waals surface area contributed by atoms with E-state index in [1.807, 2.05) is 13.0 Å². The Kier molecular flexibility index (Phi) is 3.87. The molecule has 0 fully saturated rings. The summed E-state index contributed by atoms with van der Waals surface area (Å²) in [5, 5.41) is 2.11. The molecule has 1 amide bonds. The van der Waals surface area contributed by atoms with E-state index in [9.17, 15) is 13.2 Å². The summed E-state index contributed by atoms with van der Waals surface area (Å²) in [6.45, 7) is 1.88. The molecule has 0 saturated carbocycles. The molecule has 0 radical (unpaired) electrons. The summed E-state index contributed by atoms with van der Waals surface area (Å²) < 4.78 is 29.7. The van der Waals surface area contributed by atoms with Crippen molar-refractivity contribution in [3.05, 3.63) is 54.1 Å². The summed E-state index contributed by atoms with van der Waals surface area (Å²) in [5.74, 6) is -1.37. The Morgan fingerprint density at radius 3 is 2.70 bits per heavy atom. The molecule has 3 aromatic rings. The first-order valence-electron chi connectivity index (χ1n) is 6.89. The Balaban J connectivity index is 1.79. The maximum Gasteiger partial charge on any atom is 0.316 e. The number of fused-ring (bicyclic) bond motifs is 1. The molecule has 0 aliphatic heterocycles. The number of benzene rings is 2. The average molecular weight is 330 g/mol. The summed E-state index contributed by atoms with van der Waals surface area (Å²) in [4.78, 5) is 15.9. The molecule has 23 heavy (non-hydrogen) atoms. The molecule has 6 nitrogen and oxygen atoms in total. The number of aromatic nitrogens is 1. The van der Waals surface area contributed by atoms with Crippen molar-refractivity contribution in [2.75, 3.05) is 11.1 Å². The van der Waals surface area contributed by atoms with E-state index >= 15 is 0 Å². The number of aryl methyl sites for hydroxylation is 1. The van der Waals surface area contributed by atoms with Gasteiger partial charge in [0.25, 0.3) is 0 Å². The van der Waals surface area contributed by atoms with Crippen molar-refractivity contribution in [1.29, 1.82) is 0 Å². The van der Waals surface area contributed by atoms with Crippen LogP contribution in [0.1, 0.15) is 5.56 Å². The summed E-state index contributed by atoms with van der Waals surface area (Å²) >= 11 is 0. The number of carbonyl (C=O) groups excluding carboxylic acids is 1. The summed E-state index contributed by atoms with van der Waals surface area (Å²) in [5.41, 5.74) is 2.31. The van der Waals surface area contributed by atoms with Gasteiger partial charge in [-0.25, -0.2) is 8.42 Å². The van der Waals surface area contributed by atoms with Gasteiger partial charge in [0.05, 0.1) is 0 Å². The van der Waals surface area contributed by atoms with E-state index in [-0.39, 0.29) is 0 Å². The number of rotatable bonds is 4. The van der Waals surface area contributed by atoms with Crippen molar-refractivity contribution >= 4 is 32.5 Å². The standard InChI is InChI=1S/C16H14N2O4S/c1-11-5-4-6-12(9-11)17-15(19)10-23(20,21)16-18-13-7-2-3-8-14(13)22-16/h2-9H,10H2,1H3,(H,17,19). The lowest BCUT2D eigenvalue weighted by atomic mass is 10.2. The van der Waals surface area contributed by atoms with E-state index < -0.39 is 26.7 Å². The third kappa shape index (κ3) is 3.40. The van der Waals surface area contributed by atoms with Gasteiger partial charge in [0, 0.05) is 5.69 Å². The molecule has 2 aromatic carbocycles. The SMILES string of the molecule is Cc1cccc(NC(=O)CS(=O)(=O)c2nc3ccccc3o2)c1. The molecular formula is C16H14N2O4S. The van der Waals surface area contributed by atoms with Gasteiger partial charge in [0.1, 0.15) is 11.3 Å². The monoisotopic (exact) mass is 330 g/mol. The first kappa shape index (κ1) is 15.2. The summed E-state index contributed by atoms with van der Waals surface area (Å²) in [7, 11) is -3.94. The highest BCUT2D eigenvalue weighted by atomic mass is 32.2. The molecule has 0 unspecified atom stereocenters. The third-order valence-electron chi connectivity index (χ3n) is 3.16.